The largest absolute Gasteiger partial charge is 0.497 e. The van der Waals surface area contributed by atoms with Crippen LogP contribution in [0, 0.1) is 6.92 Å². The van der Waals surface area contributed by atoms with Crippen LogP contribution in [0.1, 0.15) is 15.4 Å². The van der Waals surface area contributed by atoms with E-state index in [9.17, 15) is 9.59 Å². The van der Waals surface area contributed by atoms with Gasteiger partial charge in [0.1, 0.15) is 16.3 Å². The number of carbonyl (C=O) groups excluding carboxylic acids is 1. The van der Waals surface area contributed by atoms with Crippen LogP contribution in [0.25, 0.3) is 11.0 Å². The van der Waals surface area contributed by atoms with E-state index in [1.807, 2.05) is 0 Å². The van der Waals surface area contributed by atoms with E-state index in [2.05, 4.69) is 15.5 Å². The lowest BCUT2D eigenvalue weighted by Crippen LogP contribution is -2.15. The number of fused-ring (bicyclic) bond motifs is 1. The lowest BCUT2D eigenvalue weighted by molar-refractivity contribution is 0.102. The Morgan fingerprint density at radius 3 is 2.82 bits per heavy atom. The predicted octanol–water partition coefficient (Wildman–Crippen LogP) is 2.21. The minimum atomic E-state index is -0.612. The van der Waals surface area contributed by atoms with Gasteiger partial charge in [0.25, 0.3) is 5.91 Å². The van der Waals surface area contributed by atoms with Gasteiger partial charge in [-0.15, -0.1) is 10.2 Å². The van der Waals surface area contributed by atoms with E-state index < -0.39 is 11.5 Å². The Morgan fingerprint density at radius 2 is 2.14 bits per heavy atom. The molecule has 0 saturated heterocycles. The summed E-state index contributed by atoms with van der Waals surface area (Å²) in [5.74, 6) is 0.0900. The zero-order chi connectivity index (χ0) is 15.7. The molecule has 8 heteroatoms. The molecule has 0 saturated carbocycles. The highest BCUT2D eigenvalue weighted by atomic mass is 32.1. The molecule has 3 rings (SSSR count). The maximum atomic E-state index is 12.4. The fourth-order valence-electron chi connectivity index (χ4n) is 1.97. The van der Waals surface area contributed by atoms with Gasteiger partial charge < -0.3 is 9.15 Å². The predicted molar refractivity (Wildman–Crippen MR) is 81.6 cm³/mol. The number of aromatic nitrogens is 2. The number of anilines is 1. The maximum Gasteiger partial charge on any atom is 0.337 e. The molecule has 0 radical (unpaired) electrons. The van der Waals surface area contributed by atoms with E-state index in [1.165, 1.54) is 18.4 Å². The molecule has 0 atom stereocenters. The van der Waals surface area contributed by atoms with Crippen molar-refractivity contribution in [2.45, 2.75) is 6.92 Å². The van der Waals surface area contributed by atoms with Crippen molar-refractivity contribution in [3.8, 4) is 5.75 Å². The Labute approximate surface area is 128 Å². The third kappa shape index (κ3) is 2.68. The molecule has 22 heavy (non-hydrogen) atoms. The summed E-state index contributed by atoms with van der Waals surface area (Å²) in [7, 11) is 1.51. The van der Waals surface area contributed by atoms with Crippen LogP contribution < -0.4 is 15.7 Å². The topological polar surface area (TPSA) is 94.3 Å². The number of nitrogens with one attached hydrogen (secondary N) is 1. The van der Waals surface area contributed by atoms with Crippen LogP contribution in [0.4, 0.5) is 5.13 Å². The molecule has 2 aromatic heterocycles. The first-order chi connectivity index (χ1) is 10.6. The summed E-state index contributed by atoms with van der Waals surface area (Å²) in [6, 6.07) is 6.06. The van der Waals surface area contributed by atoms with Crippen molar-refractivity contribution in [1.82, 2.24) is 10.2 Å². The van der Waals surface area contributed by atoms with E-state index in [-0.39, 0.29) is 11.1 Å². The van der Waals surface area contributed by atoms with Gasteiger partial charge in [-0.2, -0.15) is 0 Å². The molecular weight excluding hydrogens is 306 g/mol. The van der Waals surface area contributed by atoms with Crippen LogP contribution in [-0.2, 0) is 0 Å². The summed E-state index contributed by atoms with van der Waals surface area (Å²) in [4.78, 5) is 24.0. The molecule has 0 spiro atoms. The monoisotopic (exact) mass is 317 g/mol. The standard InChI is InChI=1S/C14H11N3O4S/c1-7-16-17-14(22-7)15-13(19)10-6-12(18)21-11-5-8(20-2)3-4-9(10)11/h3-6H,1-2H3,(H,15,17,19). The molecule has 7 nitrogen and oxygen atoms in total. The molecule has 0 unspecified atom stereocenters. The summed E-state index contributed by atoms with van der Waals surface area (Å²) in [6.45, 7) is 1.78. The van der Waals surface area contributed by atoms with Crippen molar-refractivity contribution >= 4 is 33.3 Å². The number of rotatable bonds is 3. The van der Waals surface area contributed by atoms with Gasteiger partial charge in [-0.1, -0.05) is 11.3 Å². The molecule has 1 aromatic carbocycles. The summed E-state index contributed by atoms with van der Waals surface area (Å²) in [5.41, 5.74) is -0.119. The van der Waals surface area contributed by atoms with Crippen molar-refractivity contribution < 1.29 is 13.9 Å². The number of hydrogen-bond donors (Lipinski definition) is 1. The quantitative estimate of drug-likeness (QED) is 0.744. The average molecular weight is 317 g/mol. The Balaban J connectivity index is 2.05. The van der Waals surface area contributed by atoms with Crippen LogP contribution >= 0.6 is 11.3 Å². The van der Waals surface area contributed by atoms with Gasteiger partial charge in [0.05, 0.1) is 12.7 Å². The van der Waals surface area contributed by atoms with Crippen molar-refractivity contribution in [3.05, 3.63) is 45.3 Å². The number of amides is 1. The summed E-state index contributed by atoms with van der Waals surface area (Å²) in [5, 5.41) is 11.9. The molecule has 1 N–H and O–H groups in total. The van der Waals surface area contributed by atoms with Crippen molar-refractivity contribution in [1.29, 1.82) is 0 Å². The normalized spacial score (nSPS) is 10.6. The SMILES string of the molecule is COc1ccc2c(C(=O)Nc3nnc(C)s3)cc(=O)oc2c1. The molecular formula is C14H11N3O4S. The first kappa shape index (κ1) is 14.2. The highest BCUT2D eigenvalue weighted by molar-refractivity contribution is 7.15. The number of methoxy groups -OCH3 is 1. The molecule has 3 aromatic rings. The second kappa shape index (κ2) is 5.57. The van der Waals surface area contributed by atoms with Gasteiger partial charge in [0, 0.05) is 17.5 Å². The Kier molecular flexibility index (Phi) is 3.60. The summed E-state index contributed by atoms with van der Waals surface area (Å²) < 4.78 is 10.2. The third-order valence-electron chi connectivity index (χ3n) is 2.94. The van der Waals surface area contributed by atoms with Crippen LogP contribution in [0.5, 0.6) is 5.75 Å². The number of aryl methyl sites for hydroxylation is 1. The zero-order valence-corrected chi connectivity index (χ0v) is 12.6. The van der Waals surface area contributed by atoms with E-state index in [0.717, 1.165) is 11.1 Å². The molecule has 112 valence electrons. The molecule has 0 aliphatic rings. The van der Waals surface area contributed by atoms with Crippen molar-refractivity contribution in [3.63, 3.8) is 0 Å². The van der Waals surface area contributed by atoms with Gasteiger partial charge in [0.15, 0.2) is 0 Å². The number of ether oxygens (including phenoxy) is 1. The first-order valence-corrected chi connectivity index (χ1v) is 7.12. The highest BCUT2D eigenvalue weighted by Crippen LogP contribution is 2.23. The van der Waals surface area contributed by atoms with Gasteiger partial charge >= 0.3 is 5.63 Å². The summed E-state index contributed by atoms with van der Waals surface area (Å²) >= 11 is 1.25. The number of nitrogens with zero attached hydrogens (tertiary/aromatic N) is 2. The molecule has 0 fully saturated rings. The third-order valence-corrected chi connectivity index (χ3v) is 3.70. The van der Waals surface area contributed by atoms with Crippen LogP contribution in [0.15, 0.2) is 33.5 Å². The van der Waals surface area contributed by atoms with E-state index in [4.69, 9.17) is 9.15 Å². The molecule has 0 aliphatic heterocycles. The van der Waals surface area contributed by atoms with Crippen molar-refractivity contribution in [2.75, 3.05) is 12.4 Å². The van der Waals surface area contributed by atoms with Gasteiger partial charge in [-0.25, -0.2) is 4.79 Å². The van der Waals surface area contributed by atoms with E-state index in [1.54, 1.807) is 25.1 Å². The Morgan fingerprint density at radius 1 is 1.32 bits per heavy atom. The highest BCUT2D eigenvalue weighted by Gasteiger charge is 2.15. The summed E-state index contributed by atoms with van der Waals surface area (Å²) in [6.07, 6.45) is 0. The first-order valence-electron chi connectivity index (χ1n) is 6.30. The van der Waals surface area contributed by atoms with Crippen LogP contribution in [0.3, 0.4) is 0 Å². The Hall–Kier alpha value is -2.74. The lowest BCUT2D eigenvalue weighted by atomic mass is 10.1. The van der Waals surface area contributed by atoms with Gasteiger partial charge in [-0.3, -0.25) is 10.1 Å². The van der Waals surface area contributed by atoms with E-state index in [0.29, 0.717) is 16.3 Å². The smallest absolute Gasteiger partial charge is 0.337 e. The lowest BCUT2D eigenvalue weighted by Gasteiger charge is -2.06. The minimum Gasteiger partial charge on any atom is -0.497 e. The molecule has 0 aliphatic carbocycles. The number of hydrogen-bond acceptors (Lipinski definition) is 7. The van der Waals surface area contributed by atoms with Crippen LogP contribution in [-0.4, -0.2) is 23.2 Å². The van der Waals surface area contributed by atoms with Gasteiger partial charge in [-0.05, 0) is 19.1 Å². The fraction of sp³-hybridized carbons (Fsp3) is 0.143. The number of carbonyl (C=O) groups is 1. The maximum absolute atomic E-state index is 12.4. The van der Waals surface area contributed by atoms with E-state index >= 15 is 0 Å². The second-order valence-corrected chi connectivity index (χ2v) is 5.60. The van der Waals surface area contributed by atoms with Gasteiger partial charge in [0.2, 0.25) is 5.13 Å². The minimum absolute atomic E-state index is 0.210. The van der Waals surface area contributed by atoms with Crippen LogP contribution in [0.2, 0.25) is 0 Å². The fourth-order valence-corrected chi connectivity index (χ4v) is 2.56. The number of benzene rings is 1. The second-order valence-electron chi connectivity index (χ2n) is 4.42. The average Bonchev–Trinajstić information content (AvgIpc) is 2.90. The molecule has 0 bridgehead atoms. The van der Waals surface area contributed by atoms with Crippen molar-refractivity contribution in [2.24, 2.45) is 0 Å². The zero-order valence-electron chi connectivity index (χ0n) is 11.7. The Bertz CT molecular complexity index is 916. The molecule has 2 heterocycles. The molecule has 1 amide bonds.